The van der Waals surface area contributed by atoms with Crippen LogP contribution in [0.5, 0.6) is 0 Å². The zero-order chi connectivity index (χ0) is 13.4. The molecule has 5 nitrogen and oxygen atoms in total. The third-order valence-corrected chi connectivity index (χ3v) is 3.74. The molecule has 0 bridgehead atoms. The smallest absolute Gasteiger partial charge is 0.337 e. The van der Waals surface area contributed by atoms with E-state index in [1.807, 2.05) is 18.5 Å². The summed E-state index contributed by atoms with van der Waals surface area (Å²) in [6, 6.07) is 3.60. The molecule has 1 aliphatic rings. The van der Waals surface area contributed by atoms with Crippen molar-refractivity contribution in [2.24, 2.45) is 0 Å². The quantitative estimate of drug-likeness (QED) is 0.768. The van der Waals surface area contributed by atoms with Gasteiger partial charge in [0.2, 0.25) is 0 Å². The molecule has 1 unspecified atom stereocenters. The average molecular weight is 259 g/mol. The first-order chi connectivity index (χ1) is 9.19. The van der Waals surface area contributed by atoms with Crippen LogP contribution in [0, 0.1) is 0 Å². The Morgan fingerprint density at radius 3 is 3.05 bits per heavy atom. The molecule has 0 spiro atoms. The number of hydrogen-bond acceptors (Lipinski definition) is 4. The maximum Gasteiger partial charge on any atom is 0.337 e. The zero-order valence-corrected chi connectivity index (χ0v) is 11.2. The average Bonchev–Trinajstić information content (AvgIpc) is 3.02. The normalized spacial score (nSPS) is 20.0. The molecular weight excluding hydrogens is 242 g/mol. The number of nitrogens with zero attached hydrogens (tertiary/aromatic N) is 3. The predicted octanol–water partition coefficient (Wildman–Crippen LogP) is 1.54. The van der Waals surface area contributed by atoms with E-state index >= 15 is 0 Å². The van der Waals surface area contributed by atoms with Crippen LogP contribution in [0.25, 0.3) is 5.52 Å². The van der Waals surface area contributed by atoms with Crippen molar-refractivity contribution < 1.29 is 9.53 Å². The van der Waals surface area contributed by atoms with E-state index in [1.54, 1.807) is 6.07 Å². The highest BCUT2D eigenvalue weighted by Gasteiger charge is 2.24. The minimum atomic E-state index is -0.314. The lowest BCUT2D eigenvalue weighted by molar-refractivity contribution is 0.0600. The van der Waals surface area contributed by atoms with Crippen molar-refractivity contribution in [1.29, 1.82) is 0 Å². The van der Waals surface area contributed by atoms with E-state index in [4.69, 9.17) is 4.74 Å². The lowest BCUT2D eigenvalue weighted by atomic mass is 10.1. The number of rotatable bonds is 2. The number of carbonyl (C=O) groups excluding carboxylic acids is 1. The van der Waals surface area contributed by atoms with Crippen molar-refractivity contribution in [2.45, 2.75) is 12.3 Å². The molecule has 100 valence electrons. The molecule has 3 heterocycles. The lowest BCUT2D eigenvalue weighted by Crippen LogP contribution is -2.14. The summed E-state index contributed by atoms with van der Waals surface area (Å²) >= 11 is 0. The van der Waals surface area contributed by atoms with Crippen molar-refractivity contribution in [3.8, 4) is 0 Å². The molecule has 0 N–H and O–H groups in total. The number of imidazole rings is 1. The van der Waals surface area contributed by atoms with Gasteiger partial charge in [-0.2, -0.15) is 0 Å². The molecule has 19 heavy (non-hydrogen) atoms. The highest BCUT2D eigenvalue weighted by Crippen LogP contribution is 2.26. The summed E-state index contributed by atoms with van der Waals surface area (Å²) in [6.45, 7) is 2.15. The van der Waals surface area contributed by atoms with E-state index in [0.29, 0.717) is 11.5 Å². The van der Waals surface area contributed by atoms with Gasteiger partial charge in [-0.3, -0.25) is 0 Å². The van der Waals surface area contributed by atoms with Crippen molar-refractivity contribution in [2.75, 3.05) is 27.2 Å². The third kappa shape index (κ3) is 2.10. The highest BCUT2D eigenvalue weighted by molar-refractivity contribution is 5.90. The van der Waals surface area contributed by atoms with Crippen LogP contribution >= 0.6 is 0 Å². The number of likely N-dealkylation sites (tertiary alicyclic amines) is 1. The summed E-state index contributed by atoms with van der Waals surface area (Å²) in [7, 11) is 3.52. The van der Waals surface area contributed by atoms with Crippen LogP contribution in [0.15, 0.2) is 24.5 Å². The van der Waals surface area contributed by atoms with Gasteiger partial charge in [-0.25, -0.2) is 9.78 Å². The van der Waals surface area contributed by atoms with Crippen LogP contribution in [-0.2, 0) is 4.74 Å². The van der Waals surface area contributed by atoms with Crippen LogP contribution in [0.3, 0.4) is 0 Å². The number of esters is 1. The molecule has 2 aromatic heterocycles. The summed E-state index contributed by atoms with van der Waals surface area (Å²) in [5, 5.41) is 0. The molecule has 0 amide bonds. The number of pyridine rings is 1. The Balaban J connectivity index is 1.98. The van der Waals surface area contributed by atoms with Gasteiger partial charge in [-0.15, -0.1) is 0 Å². The van der Waals surface area contributed by atoms with Gasteiger partial charge in [0, 0.05) is 18.7 Å². The molecule has 1 atom stereocenters. The number of fused-ring (bicyclic) bond motifs is 1. The number of aromatic nitrogens is 2. The maximum atomic E-state index is 11.5. The fourth-order valence-electron chi connectivity index (χ4n) is 2.71. The van der Waals surface area contributed by atoms with Crippen LogP contribution in [0.4, 0.5) is 0 Å². The lowest BCUT2D eigenvalue weighted by Gasteiger charge is -2.10. The topological polar surface area (TPSA) is 46.8 Å². The first kappa shape index (κ1) is 12.2. The molecule has 1 aliphatic heterocycles. The molecule has 0 aromatic carbocycles. The SMILES string of the molecule is COC(=O)c1ccn2c(C3CCN(C)C3)ncc2c1. The summed E-state index contributed by atoms with van der Waals surface area (Å²) in [4.78, 5) is 18.3. The second-order valence-corrected chi connectivity index (χ2v) is 5.07. The molecule has 0 saturated carbocycles. The van der Waals surface area contributed by atoms with Gasteiger partial charge in [0.25, 0.3) is 0 Å². The zero-order valence-electron chi connectivity index (χ0n) is 11.2. The monoisotopic (exact) mass is 259 g/mol. The Bertz CT molecular complexity index is 620. The number of hydrogen-bond donors (Lipinski definition) is 0. The number of carbonyl (C=O) groups is 1. The number of likely N-dealkylation sites (N-methyl/N-ethyl adjacent to an activating group) is 1. The standard InChI is InChI=1S/C14H17N3O2/c1-16-5-3-11(9-16)13-15-8-12-7-10(14(18)19-2)4-6-17(12)13/h4,6-8,11H,3,5,9H2,1-2H3. The van der Waals surface area contributed by atoms with E-state index in [2.05, 4.69) is 21.3 Å². The van der Waals surface area contributed by atoms with Gasteiger partial charge < -0.3 is 14.0 Å². The van der Waals surface area contributed by atoms with Gasteiger partial charge >= 0.3 is 5.97 Å². The van der Waals surface area contributed by atoms with Crippen LogP contribution in [0.1, 0.15) is 28.5 Å². The minimum absolute atomic E-state index is 0.314. The van der Waals surface area contributed by atoms with E-state index in [9.17, 15) is 4.79 Å². The van der Waals surface area contributed by atoms with Gasteiger partial charge in [0.05, 0.1) is 24.4 Å². The molecular formula is C14H17N3O2. The van der Waals surface area contributed by atoms with E-state index in [0.717, 1.165) is 30.9 Å². The molecule has 2 aromatic rings. The van der Waals surface area contributed by atoms with Crippen LogP contribution in [-0.4, -0.2) is 47.5 Å². The second kappa shape index (κ2) is 4.66. The van der Waals surface area contributed by atoms with Crippen LogP contribution < -0.4 is 0 Å². The molecule has 3 rings (SSSR count). The van der Waals surface area contributed by atoms with Crippen LogP contribution in [0.2, 0.25) is 0 Å². The Labute approximate surface area is 111 Å². The Morgan fingerprint density at radius 2 is 2.37 bits per heavy atom. The van der Waals surface area contributed by atoms with Gasteiger partial charge in [0.15, 0.2) is 0 Å². The first-order valence-electron chi connectivity index (χ1n) is 6.43. The van der Waals surface area contributed by atoms with Crippen molar-refractivity contribution in [3.05, 3.63) is 35.9 Å². The molecule has 0 aliphatic carbocycles. The van der Waals surface area contributed by atoms with Crippen molar-refractivity contribution in [1.82, 2.24) is 14.3 Å². The summed E-state index contributed by atoms with van der Waals surface area (Å²) in [6.07, 6.45) is 4.86. The van der Waals surface area contributed by atoms with Gasteiger partial charge in [-0.1, -0.05) is 0 Å². The fourth-order valence-corrected chi connectivity index (χ4v) is 2.71. The van der Waals surface area contributed by atoms with Crippen molar-refractivity contribution >= 4 is 11.5 Å². The summed E-state index contributed by atoms with van der Waals surface area (Å²) in [5.41, 5.74) is 1.50. The van der Waals surface area contributed by atoms with Gasteiger partial charge in [-0.05, 0) is 32.1 Å². The molecule has 1 saturated heterocycles. The summed E-state index contributed by atoms with van der Waals surface area (Å²) < 4.78 is 6.80. The fraction of sp³-hybridized carbons (Fsp3) is 0.429. The summed E-state index contributed by atoms with van der Waals surface area (Å²) in [5.74, 6) is 1.23. The number of ether oxygens (including phenoxy) is 1. The Kier molecular flexibility index (Phi) is 2.98. The van der Waals surface area contributed by atoms with E-state index in [1.165, 1.54) is 7.11 Å². The van der Waals surface area contributed by atoms with Crippen molar-refractivity contribution in [3.63, 3.8) is 0 Å². The van der Waals surface area contributed by atoms with Gasteiger partial charge in [0.1, 0.15) is 5.82 Å². The third-order valence-electron chi connectivity index (χ3n) is 3.74. The second-order valence-electron chi connectivity index (χ2n) is 5.07. The highest BCUT2D eigenvalue weighted by atomic mass is 16.5. The predicted molar refractivity (Wildman–Crippen MR) is 71.4 cm³/mol. The Morgan fingerprint density at radius 1 is 1.53 bits per heavy atom. The first-order valence-corrected chi connectivity index (χ1v) is 6.43. The largest absolute Gasteiger partial charge is 0.465 e. The molecule has 1 fully saturated rings. The van der Waals surface area contributed by atoms with E-state index < -0.39 is 0 Å². The van der Waals surface area contributed by atoms with E-state index in [-0.39, 0.29) is 5.97 Å². The minimum Gasteiger partial charge on any atom is -0.465 e. The number of methoxy groups -OCH3 is 1. The molecule has 0 radical (unpaired) electrons. The maximum absolute atomic E-state index is 11.5. The Hall–Kier alpha value is -1.88. The molecule has 5 heteroatoms.